The molecular formula is C26H27N5O3. The molecule has 1 aliphatic rings. The van der Waals surface area contributed by atoms with Gasteiger partial charge in [0.25, 0.3) is 5.91 Å². The molecule has 1 aromatic carbocycles. The number of benzene rings is 1. The lowest BCUT2D eigenvalue weighted by atomic mass is 10.0. The van der Waals surface area contributed by atoms with E-state index in [0.29, 0.717) is 37.7 Å². The summed E-state index contributed by atoms with van der Waals surface area (Å²) < 4.78 is 13.2. The number of methoxy groups -OCH3 is 1. The topological polar surface area (TPSA) is 81.0 Å². The molecule has 0 bridgehead atoms. The Morgan fingerprint density at radius 1 is 1.12 bits per heavy atom. The minimum atomic E-state index is -0.0616. The number of carbonyl (C=O) groups excluding carboxylic acids is 1. The van der Waals surface area contributed by atoms with Crippen molar-refractivity contribution in [1.29, 1.82) is 0 Å². The van der Waals surface area contributed by atoms with E-state index in [0.717, 1.165) is 29.1 Å². The van der Waals surface area contributed by atoms with Gasteiger partial charge in [0, 0.05) is 49.5 Å². The minimum Gasteiger partial charge on any atom is -0.497 e. The van der Waals surface area contributed by atoms with Gasteiger partial charge >= 0.3 is 0 Å². The Morgan fingerprint density at radius 3 is 2.85 bits per heavy atom. The summed E-state index contributed by atoms with van der Waals surface area (Å²) in [5.74, 6) is 1.38. The van der Waals surface area contributed by atoms with E-state index in [9.17, 15) is 4.79 Å². The zero-order valence-electron chi connectivity index (χ0n) is 19.1. The van der Waals surface area contributed by atoms with Gasteiger partial charge in [-0.3, -0.25) is 9.78 Å². The molecule has 3 aromatic heterocycles. The Morgan fingerprint density at radius 2 is 2.00 bits per heavy atom. The maximum absolute atomic E-state index is 13.6. The Kier molecular flexibility index (Phi) is 6.40. The van der Waals surface area contributed by atoms with Crippen LogP contribution in [0.1, 0.15) is 16.1 Å². The molecule has 1 saturated heterocycles. The number of fused-ring (bicyclic) bond motifs is 1. The van der Waals surface area contributed by atoms with Crippen LogP contribution in [0.5, 0.6) is 5.75 Å². The molecule has 0 aliphatic carbocycles. The fraction of sp³-hybridized carbons (Fsp3) is 0.269. The Hall–Kier alpha value is -3.91. The standard InChI is InChI=1S/C26H27N5O3/c1-33-21-8-6-20(7-9-21)29-25-22(4-2-10-28-25)26(32)31-14-15-34-18-19(17-31)16-23-24-5-3-12-30(24)13-11-27-23/h2-13,19H,14-18H2,1H3,(H,28,29). The van der Waals surface area contributed by atoms with Crippen LogP contribution < -0.4 is 10.1 Å². The van der Waals surface area contributed by atoms with Crippen LogP contribution in [-0.2, 0) is 11.2 Å². The molecule has 34 heavy (non-hydrogen) atoms. The van der Waals surface area contributed by atoms with Gasteiger partial charge in [-0.15, -0.1) is 0 Å². The van der Waals surface area contributed by atoms with Gasteiger partial charge in [0.2, 0.25) is 0 Å². The van der Waals surface area contributed by atoms with E-state index in [1.54, 1.807) is 19.4 Å². The first-order valence-corrected chi connectivity index (χ1v) is 11.3. The number of pyridine rings is 1. The molecule has 5 rings (SSSR count). The molecule has 1 atom stereocenters. The van der Waals surface area contributed by atoms with E-state index in [1.807, 2.05) is 59.9 Å². The Bertz CT molecular complexity index is 1270. The molecule has 1 amide bonds. The van der Waals surface area contributed by atoms with Crippen molar-refractivity contribution in [2.75, 3.05) is 38.7 Å². The van der Waals surface area contributed by atoms with E-state index in [4.69, 9.17) is 9.47 Å². The highest BCUT2D eigenvalue weighted by Gasteiger charge is 2.26. The molecule has 0 radical (unpaired) electrons. The molecule has 4 aromatic rings. The average molecular weight is 458 g/mol. The lowest BCUT2D eigenvalue weighted by Gasteiger charge is -2.24. The number of hydrogen-bond acceptors (Lipinski definition) is 6. The largest absolute Gasteiger partial charge is 0.497 e. The van der Waals surface area contributed by atoms with Crippen LogP contribution in [-0.4, -0.2) is 58.6 Å². The lowest BCUT2D eigenvalue weighted by Crippen LogP contribution is -2.37. The van der Waals surface area contributed by atoms with Crippen LogP contribution >= 0.6 is 0 Å². The van der Waals surface area contributed by atoms with Crippen LogP contribution in [0.2, 0.25) is 0 Å². The van der Waals surface area contributed by atoms with Crippen molar-refractivity contribution >= 4 is 22.9 Å². The van der Waals surface area contributed by atoms with Crippen molar-refractivity contribution < 1.29 is 14.3 Å². The van der Waals surface area contributed by atoms with Gasteiger partial charge in [-0.25, -0.2) is 4.98 Å². The molecule has 8 nitrogen and oxygen atoms in total. The van der Waals surface area contributed by atoms with E-state index in [2.05, 4.69) is 25.8 Å². The molecule has 0 spiro atoms. The number of anilines is 2. The van der Waals surface area contributed by atoms with Gasteiger partial charge in [-0.05, 0) is 55.0 Å². The van der Waals surface area contributed by atoms with Gasteiger partial charge in [-0.2, -0.15) is 0 Å². The fourth-order valence-electron chi connectivity index (χ4n) is 4.31. The summed E-state index contributed by atoms with van der Waals surface area (Å²) in [6.45, 7) is 2.23. The normalized spacial score (nSPS) is 16.3. The van der Waals surface area contributed by atoms with Crippen molar-refractivity contribution in [1.82, 2.24) is 19.3 Å². The molecule has 174 valence electrons. The molecule has 1 fully saturated rings. The summed E-state index contributed by atoms with van der Waals surface area (Å²) in [5.41, 5.74) is 3.46. The quantitative estimate of drug-likeness (QED) is 0.474. The van der Waals surface area contributed by atoms with Crippen LogP contribution in [0.25, 0.3) is 5.52 Å². The van der Waals surface area contributed by atoms with Crippen molar-refractivity contribution in [3.63, 3.8) is 0 Å². The third kappa shape index (κ3) is 4.72. The van der Waals surface area contributed by atoms with Gasteiger partial charge in [0.1, 0.15) is 11.6 Å². The zero-order valence-corrected chi connectivity index (χ0v) is 19.1. The van der Waals surface area contributed by atoms with Gasteiger partial charge < -0.3 is 24.1 Å². The Labute approximate surface area is 198 Å². The summed E-state index contributed by atoms with van der Waals surface area (Å²) in [7, 11) is 1.63. The molecule has 1 N–H and O–H groups in total. The predicted octanol–water partition coefficient (Wildman–Crippen LogP) is 3.81. The minimum absolute atomic E-state index is 0.0616. The number of aromatic nitrogens is 3. The zero-order chi connectivity index (χ0) is 23.3. The second-order valence-electron chi connectivity index (χ2n) is 8.32. The van der Waals surface area contributed by atoms with E-state index in [1.165, 1.54) is 0 Å². The number of nitrogens with zero attached hydrogens (tertiary/aromatic N) is 4. The van der Waals surface area contributed by atoms with Crippen molar-refractivity contribution in [3.8, 4) is 5.75 Å². The highest BCUT2D eigenvalue weighted by Crippen LogP contribution is 2.24. The SMILES string of the molecule is COc1ccc(Nc2ncccc2C(=O)N2CCOCC(Cc3nccn4cccc34)C2)cc1. The van der Waals surface area contributed by atoms with Crippen LogP contribution in [0.15, 0.2) is 73.3 Å². The van der Waals surface area contributed by atoms with Gasteiger partial charge in [-0.1, -0.05) is 0 Å². The number of ether oxygens (including phenoxy) is 2. The first-order valence-electron chi connectivity index (χ1n) is 11.3. The molecule has 8 heteroatoms. The molecule has 1 aliphatic heterocycles. The van der Waals surface area contributed by atoms with Gasteiger partial charge in [0.15, 0.2) is 0 Å². The Balaban J connectivity index is 1.34. The molecular weight excluding hydrogens is 430 g/mol. The third-order valence-electron chi connectivity index (χ3n) is 6.03. The monoisotopic (exact) mass is 457 g/mol. The van der Waals surface area contributed by atoms with E-state index < -0.39 is 0 Å². The van der Waals surface area contributed by atoms with Crippen LogP contribution in [0.3, 0.4) is 0 Å². The summed E-state index contributed by atoms with van der Waals surface area (Å²) >= 11 is 0. The number of hydrogen-bond donors (Lipinski definition) is 1. The molecule has 4 heterocycles. The third-order valence-corrected chi connectivity index (χ3v) is 6.03. The predicted molar refractivity (Wildman–Crippen MR) is 130 cm³/mol. The van der Waals surface area contributed by atoms with Crippen molar-refractivity contribution in [3.05, 3.63) is 84.6 Å². The molecule has 1 unspecified atom stereocenters. The first-order chi connectivity index (χ1) is 16.7. The second-order valence-corrected chi connectivity index (χ2v) is 8.32. The maximum Gasteiger partial charge on any atom is 0.257 e. The molecule has 0 saturated carbocycles. The summed E-state index contributed by atoms with van der Waals surface area (Å²) in [6, 6.07) is 15.2. The summed E-state index contributed by atoms with van der Waals surface area (Å²) in [5, 5.41) is 3.27. The number of amides is 1. The average Bonchev–Trinajstić information content (AvgIpc) is 3.24. The smallest absolute Gasteiger partial charge is 0.257 e. The maximum atomic E-state index is 13.6. The van der Waals surface area contributed by atoms with Crippen LogP contribution in [0, 0.1) is 5.92 Å². The van der Waals surface area contributed by atoms with Gasteiger partial charge in [0.05, 0.1) is 37.1 Å². The number of rotatable bonds is 6. The van der Waals surface area contributed by atoms with Crippen LogP contribution in [0.4, 0.5) is 11.5 Å². The second kappa shape index (κ2) is 9.93. The van der Waals surface area contributed by atoms with Crippen molar-refractivity contribution in [2.24, 2.45) is 5.92 Å². The summed E-state index contributed by atoms with van der Waals surface area (Å²) in [6.07, 6.45) is 8.19. The fourth-order valence-corrected chi connectivity index (χ4v) is 4.31. The highest BCUT2D eigenvalue weighted by molar-refractivity contribution is 5.99. The lowest BCUT2D eigenvalue weighted by molar-refractivity contribution is 0.0738. The number of nitrogens with one attached hydrogen (secondary N) is 1. The summed E-state index contributed by atoms with van der Waals surface area (Å²) in [4.78, 5) is 24.5. The highest BCUT2D eigenvalue weighted by atomic mass is 16.5. The van der Waals surface area contributed by atoms with Crippen molar-refractivity contribution in [2.45, 2.75) is 6.42 Å². The first kappa shape index (κ1) is 21.9. The number of carbonyl (C=O) groups is 1. The van der Waals surface area contributed by atoms with E-state index >= 15 is 0 Å². The van der Waals surface area contributed by atoms with E-state index in [-0.39, 0.29) is 11.8 Å².